The molecule has 0 aliphatic carbocycles. The van der Waals surface area contributed by atoms with E-state index >= 15 is 0 Å². The largest absolute Gasteiger partial charge is 0.335 e. The van der Waals surface area contributed by atoms with Gasteiger partial charge in [-0.05, 0) is 53.6 Å². The predicted molar refractivity (Wildman–Crippen MR) is 168 cm³/mol. The summed E-state index contributed by atoms with van der Waals surface area (Å²) >= 11 is 8.09. The lowest BCUT2D eigenvalue weighted by Crippen LogP contribution is -2.48. The van der Waals surface area contributed by atoms with Gasteiger partial charge in [0.2, 0.25) is 0 Å². The van der Waals surface area contributed by atoms with Crippen molar-refractivity contribution in [3.63, 3.8) is 0 Å². The van der Waals surface area contributed by atoms with E-state index in [1.165, 1.54) is 23.2 Å². The number of hydrogen-bond donors (Lipinski definition) is 0. The van der Waals surface area contributed by atoms with E-state index in [0.29, 0.717) is 29.5 Å². The van der Waals surface area contributed by atoms with Gasteiger partial charge in [0.25, 0.3) is 5.91 Å². The van der Waals surface area contributed by atoms with Gasteiger partial charge in [0.15, 0.2) is 15.5 Å². The normalized spacial score (nSPS) is 14.3. The van der Waals surface area contributed by atoms with Crippen molar-refractivity contribution < 1.29 is 13.2 Å². The van der Waals surface area contributed by atoms with E-state index in [4.69, 9.17) is 16.7 Å². The average Bonchev–Trinajstić information content (AvgIpc) is 3.66. The van der Waals surface area contributed by atoms with Crippen molar-refractivity contribution in [3.8, 4) is 26.7 Å². The molecule has 1 fully saturated rings. The zero-order valence-corrected chi connectivity index (χ0v) is 25.4. The molecule has 0 bridgehead atoms. The molecule has 214 valence electrons. The fraction of sp³-hybridized carbons (Fsp3) is 0.188. The first-order valence-electron chi connectivity index (χ1n) is 13.6. The topological polar surface area (TPSA) is 75.5 Å². The Morgan fingerprint density at radius 3 is 2.31 bits per heavy atom. The lowest BCUT2D eigenvalue weighted by Gasteiger charge is -2.34. The quantitative estimate of drug-likeness (QED) is 0.215. The summed E-state index contributed by atoms with van der Waals surface area (Å²) < 4.78 is 26.0. The molecule has 1 amide bonds. The molecule has 0 atom stereocenters. The Kier molecular flexibility index (Phi) is 8.00. The van der Waals surface area contributed by atoms with Gasteiger partial charge >= 0.3 is 0 Å². The maximum Gasteiger partial charge on any atom is 0.274 e. The molecule has 0 radical (unpaired) electrons. The third-order valence-corrected chi connectivity index (χ3v) is 9.91. The van der Waals surface area contributed by atoms with Crippen LogP contribution in [0, 0.1) is 0 Å². The molecule has 42 heavy (non-hydrogen) atoms. The Balaban J connectivity index is 1.28. The van der Waals surface area contributed by atoms with Crippen LogP contribution in [-0.4, -0.2) is 66.3 Å². The van der Waals surface area contributed by atoms with Gasteiger partial charge < -0.3 is 4.90 Å². The van der Waals surface area contributed by atoms with Crippen LogP contribution in [0.2, 0.25) is 5.02 Å². The van der Waals surface area contributed by atoms with E-state index in [1.54, 1.807) is 28.9 Å². The Morgan fingerprint density at radius 2 is 1.57 bits per heavy atom. The third-order valence-electron chi connectivity index (χ3n) is 7.32. The molecular weight excluding hydrogens is 588 g/mol. The van der Waals surface area contributed by atoms with Crippen LogP contribution in [0.25, 0.3) is 26.7 Å². The summed E-state index contributed by atoms with van der Waals surface area (Å²) in [5, 5.41) is 5.28. The van der Waals surface area contributed by atoms with E-state index < -0.39 is 9.84 Å². The van der Waals surface area contributed by atoms with Crippen molar-refractivity contribution in [1.82, 2.24) is 19.6 Å². The van der Waals surface area contributed by atoms with Crippen molar-refractivity contribution in [3.05, 3.63) is 113 Å². The standard InChI is InChI=1S/C32H29ClN4O3S2/c1-42(39,40)25-11-7-10-24(20-25)30-14-15-31(41-30)29-21-27(34-37(29)28-13-6-5-12-26(28)33)32(38)36-18-16-35(17-19-36)22-23-8-3-2-4-9-23/h2-15,20-21H,16-19,22H2,1H3. The first-order chi connectivity index (χ1) is 20.3. The van der Waals surface area contributed by atoms with E-state index in [-0.39, 0.29) is 10.8 Å². The van der Waals surface area contributed by atoms with E-state index in [0.717, 1.165) is 40.6 Å². The van der Waals surface area contributed by atoms with Crippen LogP contribution in [0.1, 0.15) is 16.1 Å². The highest BCUT2D eigenvalue weighted by Crippen LogP contribution is 2.37. The first kappa shape index (κ1) is 28.4. The lowest BCUT2D eigenvalue weighted by atomic mass is 10.2. The molecule has 10 heteroatoms. The SMILES string of the molecule is CS(=O)(=O)c1cccc(-c2ccc(-c3cc(C(=O)N4CCN(Cc5ccccc5)CC4)nn3-c3ccccc3Cl)s2)c1. The van der Waals surface area contributed by atoms with Crippen molar-refractivity contribution in [1.29, 1.82) is 0 Å². The highest BCUT2D eigenvalue weighted by molar-refractivity contribution is 7.90. The zero-order chi connectivity index (χ0) is 29.3. The minimum absolute atomic E-state index is 0.112. The predicted octanol–water partition coefficient (Wildman–Crippen LogP) is 6.28. The van der Waals surface area contributed by atoms with Crippen LogP contribution in [-0.2, 0) is 16.4 Å². The van der Waals surface area contributed by atoms with Gasteiger partial charge in [-0.15, -0.1) is 11.3 Å². The van der Waals surface area contributed by atoms with Crippen molar-refractivity contribution in [2.75, 3.05) is 32.4 Å². The zero-order valence-electron chi connectivity index (χ0n) is 23.0. The van der Waals surface area contributed by atoms with E-state index in [2.05, 4.69) is 17.0 Å². The average molecular weight is 617 g/mol. The Morgan fingerprint density at radius 1 is 0.857 bits per heavy atom. The van der Waals surface area contributed by atoms with Gasteiger partial charge in [-0.2, -0.15) is 5.10 Å². The van der Waals surface area contributed by atoms with E-state index in [1.807, 2.05) is 65.6 Å². The molecule has 1 aliphatic rings. The van der Waals surface area contributed by atoms with Gasteiger partial charge in [-0.1, -0.05) is 66.2 Å². The monoisotopic (exact) mass is 616 g/mol. The summed E-state index contributed by atoms with van der Waals surface area (Å²) in [6, 6.07) is 30.4. The molecule has 0 unspecified atom stereocenters. The number of thiophene rings is 1. The molecule has 5 aromatic rings. The number of halogens is 1. The number of nitrogens with zero attached hydrogens (tertiary/aromatic N) is 4. The number of hydrogen-bond acceptors (Lipinski definition) is 6. The number of aromatic nitrogens is 2. The van der Waals surface area contributed by atoms with Crippen molar-refractivity contribution >= 4 is 38.7 Å². The number of para-hydroxylation sites is 1. The molecule has 7 nitrogen and oxygen atoms in total. The second-order valence-electron chi connectivity index (χ2n) is 10.3. The number of piperazine rings is 1. The Bertz CT molecular complexity index is 1840. The fourth-order valence-corrected chi connectivity index (χ4v) is 6.98. The van der Waals surface area contributed by atoms with Crippen LogP contribution in [0.5, 0.6) is 0 Å². The van der Waals surface area contributed by atoms with Gasteiger partial charge in [0, 0.05) is 43.9 Å². The highest BCUT2D eigenvalue weighted by Gasteiger charge is 2.26. The van der Waals surface area contributed by atoms with Gasteiger partial charge in [-0.25, -0.2) is 13.1 Å². The number of rotatable bonds is 7. The molecule has 1 saturated heterocycles. The van der Waals surface area contributed by atoms with Crippen LogP contribution < -0.4 is 0 Å². The summed E-state index contributed by atoms with van der Waals surface area (Å²) in [4.78, 5) is 20.0. The fourth-order valence-electron chi connectivity index (χ4n) is 5.09. The second kappa shape index (κ2) is 11.9. The molecular formula is C32H29ClN4O3S2. The lowest BCUT2D eigenvalue weighted by molar-refractivity contribution is 0.0622. The van der Waals surface area contributed by atoms with E-state index in [9.17, 15) is 13.2 Å². The first-order valence-corrected chi connectivity index (χ1v) is 16.7. The van der Waals surface area contributed by atoms with Crippen molar-refractivity contribution in [2.24, 2.45) is 0 Å². The number of carbonyl (C=O) groups excluding carboxylic acids is 1. The maximum absolute atomic E-state index is 13.7. The number of amides is 1. The highest BCUT2D eigenvalue weighted by atomic mass is 35.5. The molecule has 0 spiro atoms. The number of benzene rings is 3. The molecule has 3 heterocycles. The summed E-state index contributed by atoms with van der Waals surface area (Å²) in [6.45, 7) is 3.70. The third kappa shape index (κ3) is 6.05. The molecule has 0 N–H and O–H groups in total. The Hall–Kier alpha value is -3.76. The summed E-state index contributed by atoms with van der Waals surface area (Å²) in [6.07, 6.45) is 1.20. The van der Waals surface area contributed by atoms with Crippen LogP contribution in [0.15, 0.2) is 102 Å². The molecule has 2 aromatic heterocycles. The minimum atomic E-state index is -3.33. The Labute approximate surface area is 254 Å². The van der Waals surface area contributed by atoms with Crippen LogP contribution in [0.4, 0.5) is 0 Å². The van der Waals surface area contributed by atoms with Crippen molar-refractivity contribution in [2.45, 2.75) is 11.4 Å². The second-order valence-corrected chi connectivity index (χ2v) is 13.8. The summed E-state index contributed by atoms with van der Waals surface area (Å²) in [5.74, 6) is -0.112. The van der Waals surface area contributed by atoms with Gasteiger partial charge in [0.1, 0.15) is 0 Å². The smallest absolute Gasteiger partial charge is 0.274 e. The van der Waals surface area contributed by atoms with Crippen LogP contribution in [0.3, 0.4) is 0 Å². The van der Waals surface area contributed by atoms with Gasteiger partial charge in [0.05, 0.1) is 26.2 Å². The molecule has 1 aliphatic heterocycles. The maximum atomic E-state index is 13.7. The van der Waals surface area contributed by atoms with Crippen LogP contribution >= 0.6 is 22.9 Å². The minimum Gasteiger partial charge on any atom is -0.335 e. The van der Waals surface area contributed by atoms with Gasteiger partial charge in [-0.3, -0.25) is 9.69 Å². The summed E-state index contributed by atoms with van der Waals surface area (Å²) in [7, 11) is -3.33. The number of carbonyl (C=O) groups is 1. The molecule has 3 aromatic carbocycles. The summed E-state index contributed by atoms with van der Waals surface area (Å²) in [5.41, 5.74) is 3.84. The molecule has 0 saturated carbocycles. The molecule has 6 rings (SSSR count). The number of sulfone groups is 1.